The minimum absolute atomic E-state index is 0.0737. The number of rotatable bonds is 66. The van der Waals surface area contributed by atoms with Gasteiger partial charge in [0, 0.05) is 75.6 Å². The van der Waals surface area contributed by atoms with Crippen molar-refractivity contribution in [1.29, 1.82) is 0 Å². The second kappa shape index (κ2) is 63.2. The maximum Gasteiger partial charge on any atom is 0.273 e. The molecule has 0 unspecified atom stereocenters. The third kappa shape index (κ3) is 43.5. The first-order valence-electron chi connectivity index (χ1n) is 43.6. The van der Waals surface area contributed by atoms with Crippen molar-refractivity contribution in [3.63, 3.8) is 0 Å². The van der Waals surface area contributed by atoms with E-state index in [9.17, 15) is 57.5 Å². The Morgan fingerprint density at radius 3 is 0.636 bits per heavy atom. The summed E-state index contributed by atoms with van der Waals surface area (Å²) >= 11 is 0. The van der Waals surface area contributed by atoms with Gasteiger partial charge in [0.05, 0.1) is 51.5 Å². The number of nitrogens with one attached hydrogen (secondary N) is 8. The third-order valence-electron chi connectivity index (χ3n) is 19.8. The molecule has 3 aromatic carbocycles. The highest BCUT2D eigenvalue weighted by Gasteiger charge is 2.26. The fourth-order valence-electron chi connectivity index (χ4n) is 12.7. The number of benzene rings is 3. The Kier molecular flexibility index (Phi) is 54.8. The summed E-state index contributed by atoms with van der Waals surface area (Å²) in [5, 5.41) is 10.5. The molecule has 0 aliphatic carbocycles. The van der Waals surface area contributed by atoms with Crippen LogP contribution in [0.15, 0.2) is 48.5 Å². The lowest BCUT2D eigenvalue weighted by Gasteiger charge is -2.23. The van der Waals surface area contributed by atoms with Crippen LogP contribution < -0.4 is 71.4 Å². The van der Waals surface area contributed by atoms with Crippen LogP contribution in [0.5, 0.6) is 34.5 Å². The van der Waals surface area contributed by atoms with Crippen molar-refractivity contribution in [3.05, 3.63) is 70.8 Å². The van der Waals surface area contributed by atoms with Crippen LogP contribution in [0, 0.1) is 0 Å². The second-order valence-electron chi connectivity index (χ2n) is 29.7. The molecule has 3 rings (SSSR count). The highest BCUT2D eigenvalue weighted by atomic mass is 16.5. The molecule has 0 saturated carbocycles. The van der Waals surface area contributed by atoms with Crippen LogP contribution in [0.25, 0.3) is 0 Å². The first-order chi connectivity index (χ1) is 57.1. The number of carbonyl (C=O) groups excluding carboxylic acids is 12. The van der Waals surface area contributed by atoms with Crippen LogP contribution in [0.1, 0.15) is 302 Å². The van der Waals surface area contributed by atoms with E-state index < -0.39 is 73.7 Å². The van der Waals surface area contributed by atoms with Gasteiger partial charge in [0.2, 0.25) is 23.6 Å². The Labute approximate surface area is 701 Å². The molecule has 0 radical (unpaired) electrons. The van der Waals surface area contributed by atoms with E-state index in [4.69, 9.17) is 28.4 Å². The first kappa shape index (κ1) is 102. The topological polar surface area (TPSA) is 369 Å². The van der Waals surface area contributed by atoms with E-state index >= 15 is 0 Å². The monoisotopic (exact) mass is 1660 g/mol. The van der Waals surface area contributed by atoms with Gasteiger partial charge in [0.25, 0.3) is 47.3 Å². The van der Waals surface area contributed by atoms with Crippen molar-refractivity contribution >= 4 is 70.9 Å². The molecule has 0 aliphatic heterocycles. The quantitative estimate of drug-likeness (QED) is 0.0192. The van der Waals surface area contributed by atoms with Crippen molar-refractivity contribution in [3.8, 4) is 34.5 Å². The number of methoxy groups -OCH3 is 2. The predicted molar refractivity (Wildman–Crippen MR) is 456 cm³/mol. The molecule has 0 saturated heterocycles. The fraction of sp³-hybridized carbons (Fsp3) is 0.659. The Morgan fingerprint density at radius 2 is 0.449 bits per heavy atom. The van der Waals surface area contributed by atoms with Gasteiger partial charge in [-0.25, -0.2) is 0 Å². The highest BCUT2D eigenvalue weighted by Crippen LogP contribution is 2.30. The summed E-state index contributed by atoms with van der Waals surface area (Å²) < 4.78 is 34.6. The molecular formula is C88H142N12O18. The summed E-state index contributed by atoms with van der Waals surface area (Å²) in [5.74, 6) is -8.00. The highest BCUT2D eigenvalue weighted by molar-refractivity contribution is 6.05. The standard InChI is InChI=1S/C88H142N12O18/c1-11-19-27-35-43-97(44-36-28-20-12-2)81(105)59-89-77(101)63-115-69-51-67(52-70(55-69)116-64-78(102)90-60-82(106)98(45-37-29-21-13-3)46-38-30-22-14-4)85(109)93-95-87(111)73-57-76(114-10)74(58-75(73)113-9)88(112)96-94-86(110)68-53-71(117-65-79(103)91-61-83(107)99(47-39-31-23-15-5)48-40-32-24-16-6)56-72(54-68)118-66-80(104)92-62-84(108)100(49-41-33-25-17-7)50-42-34-26-18-8/h51-58H,11-50,59-66H2,1-10H3,(H,89,101)(H,90,102)(H,91,103)(H,92,104)(H,93,109)(H,94,110)(H,95,111)(H,96,112). The van der Waals surface area contributed by atoms with Crippen LogP contribution in [0.2, 0.25) is 0 Å². The summed E-state index contributed by atoms with van der Waals surface area (Å²) in [6, 6.07) is 9.98. The van der Waals surface area contributed by atoms with Gasteiger partial charge in [-0.05, 0) is 87.8 Å². The number of carbonyl (C=O) groups is 12. The van der Waals surface area contributed by atoms with Crippen molar-refractivity contribution in [2.24, 2.45) is 0 Å². The number of ether oxygens (including phenoxy) is 6. The second-order valence-corrected chi connectivity index (χ2v) is 29.7. The molecule has 662 valence electrons. The maximum atomic E-state index is 14.1. The number of nitrogens with zero attached hydrogens (tertiary/aromatic N) is 4. The van der Waals surface area contributed by atoms with Gasteiger partial charge in [-0.1, -0.05) is 209 Å². The molecule has 0 fully saturated rings. The molecule has 0 bridgehead atoms. The zero-order valence-electron chi connectivity index (χ0n) is 72.7. The van der Waals surface area contributed by atoms with Crippen molar-refractivity contribution in [2.45, 2.75) is 261 Å². The predicted octanol–water partition coefficient (Wildman–Crippen LogP) is 11.8. The fourth-order valence-corrected chi connectivity index (χ4v) is 12.7. The number of hydrazine groups is 2. The van der Waals surface area contributed by atoms with Crippen LogP contribution in [0.4, 0.5) is 0 Å². The molecule has 0 aromatic heterocycles. The zero-order valence-corrected chi connectivity index (χ0v) is 72.7. The van der Waals surface area contributed by atoms with Crippen LogP contribution in [-0.2, 0) is 38.4 Å². The summed E-state index contributed by atoms with van der Waals surface area (Å²) in [4.78, 5) is 170. The minimum Gasteiger partial charge on any atom is -0.496 e. The third-order valence-corrected chi connectivity index (χ3v) is 19.8. The van der Waals surface area contributed by atoms with Gasteiger partial charge in [-0.3, -0.25) is 79.2 Å². The van der Waals surface area contributed by atoms with Gasteiger partial charge in [0.15, 0.2) is 26.4 Å². The van der Waals surface area contributed by atoms with Crippen LogP contribution in [-0.4, -0.2) is 210 Å². The van der Waals surface area contributed by atoms with Gasteiger partial charge in [-0.2, -0.15) is 0 Å². The molecule has 12 amide bonds. The van der Waals surface area contributed by atoms with E-state index in [1.54, 1.807) is 19.6 Å². The normalized spacial score (nSPS) is 10.8. The molecule has 8 N–H and O–H groups in total. The van der Waals surface area contributed by atoms with E-state index in [0.29, 0.717) is 52.4 Å². The molecular weight excluding hydrogens is 1510 g/mol. The minimum atomic E-state index is -0.968. The van der Waals surface area contributed by atoms with Gasteiger partial charge >= 0.3 is 0 Å². The molecule has 0 heterocycles. The summed E-state index contributed by atoms with van der Waals surface area (Å²) in [7, 11) is 2.43. The average Bonchev–Trinajstić information content (AvgIpc) is 0.827. The Morgan fingerprint density at radius 1 is 0.254 bits per heavy atom. The first-order valence-corrected chi connectivity index (χ1v) is 43.6. The summed E-state index contributed by atoms with van der Waals surface area (Å²) in [6.45, 7) is 18.0. The zero-order chi connectivity index (χ0) is 86.5. The Balaban J connectivity index is 1.89. The molecule has 118 heavy (non-hydrogen) atoms. The molecule has 30 nitrogen and oxygen atoms in total. The van der Waals surface area contributed by atoms with Gasteiger partial charge in [-0.15, -0.1) is 0 Å². The number of hydrogen-bond acceptors (Lipinski definition) is 18. The Bertz CT molecular complexity index is 3080. The van der Waals surface area contributed by atoms with Crippen molar-refractivity contribution in [2.75, 3.05) is 119 Å². The molecule has 0 aliphatic rings. The van der Waals surface area contributed by atoms with Crippen molar-refractivity contribution < 1.29 is 86.0 Å². The van der Waals surface area contributed by atoms with E-state index in [0.717, 1.165) is 218 Å². The lowest BCUT2D eigenvalue weighted by molar-refractivity contribution is -0.133. The lowest BCUT2D eigenvalue weighted by Crippen LogP contribution is -2.42. The van der Waals surface area contributed by atoms with E-state index in [-0.39, 0.29) is 107 Å². The molecule has 0 atom stereocenters. The SMILES string of the molecule is CCCCCCN(CCCCCC)C(=O)CNC(=O)COc1cc(OCC(=O)NCC(=O)N(CCCCCC)CCCCCC)cc(C(=O)NNC(=O)c2cc(OC)c(C(=O)NNC(=O)c3cc(OCC(=O)NCC(=O)N(CCCCCC)CCCCCC)cc(OCC(=O)NCC(=O)N(CCCCCC)CCCCCC)c3)cc2OC)c1. The molecule has 3 aromatic rings. The van der Waals surface area contributed by atoms with Crippen LogP contribution >= 0.6 is 0 Å². The smallest absolute Gasteiger partial charge is 0.273 e. The van der Waals surface area contributed by atoms with E-state index in [2.05, 4.69) is 98.4 Å². The average molecular weight is 1660 g/mol. The van der Waals surface area contributed by atoms with Crippen LogP contribution in [0.3, 0.4) is 0 Å². The molecule has 0 spiro atoms. The van der Waals surface area contributed by atoms with Crippen molar-refractivity contribution in [1.82, 2.24) is 62.6 Å². The van der Waals surface area contributed by atoms with Gasteiger partial charge in [0.1, 0.15) is 34.5 Å². The number of unbranched alkanes of at least 4 members (excludes halogenated alkanes) is 24. The molecule has 30 heteroatoms. The summed E-state index contributed by atoms with van der Waals surface area (Å²) in [6.07, 6.45) is 31.3. The number of hydrogen-bond donors (Lipinski definition) is 8. The summed E-state index contributed by atoms with van der Waals surface area (Å²) in [5.41, 5.74) is 8.41. The van der Waals surface area contributed by atoms with Gasteiger partial charge < -0.3 is 69.3 Å². The van der Waals surface area contributed by atoms with E-state index in [1.807, 2.05) is 0 Å². The maximum absolute atomic E-state index is 14.1. The lowest BCUT2D eigenvalue weighted by atomic mass is 10.1. The largest absolute Gasteiger partial charge is 0.496 e. The Hall–Kier alpha value is -9.90. The van der Waals surface area contributed by atoms with E-state index in [1.165, 1.54) is 50.6 Å². The number of amides is 12.